The number of benzene rings is 1. The van der Waals surface area contributed by atoms with Crippen molar-refractivity contribution in [2.45, 2.75) is 13.3 Å². The molecule has 0 fully saturated rings. The number of carbonyl (C=O) groups is 2. The summed E-state index contributed by atoms with van der Waals surface area (Å²) in [6.07, 6.45) is 0.203. The normalized spacial score (nSPS) is 10.4. The highest BCUT2D eigenvalue weighted by Gasteiger charge is 2.10. The van der Waals surface area contributed by atoms with Crippen molar-refractivity contribution in [3.63, 3.8) is 0 Å². The summed E-state index contributed by atoms with van der Waals surface area (Å²) >= 11 is 1.57. The third-order valence-electron chi connectivity index (χ3n) is 3.23. The molecule has 0 aliphatic heterocycles. The lowest BCUT2D eigenvalue weighted by Gasteiger charge is -2.04. The van der Waals surface area contributed by atoms with Crippen LogP contribution in [0.4, 0.5) is 11.6 Å². The maximum Gasteiger partial charge on any atom is 0.231 e. The van der Waals surface area contributed by atoms with Gasteiger partial charge in [-0.15, -0.1) is 0 Å². The van der Waals surface area contributed by atoms with E-state index in [2.05, 4.69) is 15.8 Å². The van der Waals surface area contributed by atoms with Crippen LogP contribution in [0.15, 0.2) is 51.7 Å². The fraction of sp³-hybridized carbons (Fsp3) is 0.118. The van der Waals surface area contributed by atoms with Crippen LogP contribution in [-0.2, 0) is 16.0 Å². The number of nitrogens with one attached hydrogen (secondary N) is 2. The molecule has 24 heavy (non-hydrogen) atoms. The van der Waals surface area contributed by atoms with Gasteiger partial charge in [0.1, 0.15) is 5.69 Å². The van der Waals surface area contributed by atoms with Crippen molar-refractivity contribution >= 4 is 34.7 Å². The number of amides is 2. The number of hydrogen-bond acceptors (Lipinski definition) is 5. The Balaban J connectivity index is 1.58. The number of nitrogens with zero attached hydrogens (tertiary/aromatic N) is 1. The Morgan fingerprint density at radius 3 is 2.62 bits per heavy atom. The van der Waals surface area contributed by atoms with E-state index in [-0.39, 0.29) is 18.2 Å². The van der Waals surface area contributed by atoms with E-state index in [1.54, 1.807) is 41.7 Å². The highest BCUT2D eigenvalue weighted by Crippen LogP contribution is 2.23. The quantitative estimate of drug-likeness (QED) is 0.743. The van der Waals surface area contributed by atoms with Crippen molar-refractivity contribution in [3.05, 3.63) is 52.7 Å². The van der Waals surface area contributed by atoms with Gasteiger partial charge in [0.2, 0.25) is 17.7 Å². The van der Waals surface area contributed by atoms with Gasteiger partial charge >= 0.3 is 0 Å². The second kappa shape index (κ2) is 7.10. The largest absolute Gasteiger partial charge is 0.338 e. The van der Waals surface area contributed by atoms with Crippen molar-refractivity contribution in [1.82, 2.24) is 5.16 Å². The zero-order valence-electron chi connectivity index (χ0n) is 12.9. The lowest BCUT2D eigenvalue weighted by Crippen LogP contribution is -2.14. The fourth-order valence-corrected chi connectivity index (χ4v) is 2.81. The van der Waals surface area contributed by atoms with E-state index in [1.165, 1.54) is 6.92 Å². The molecule has 6 nitrogen and oxygen atoms in total. The summed E-state index contributed by atoms with van der Waals surface area (Å²) in [5, 5.41) is 13.2. The van der Waals surface area contributed by atoms with Crippen molar-refractivity contribution in [3.8, 4) is 11.3 Å². The number of aromatic nitrogens is 1. The lowest BCUT2D eigenvalue weighted by atomic mass is 10.1. The summed E-state index contributed by atoms with van der Waals surface area (Å²) in [4.78, 5) is 23.0. The molecule has 0 unspecified atom stereocenters. The number of anilines is 2. The molecular formula is C17H15N3O3S. The number of rotatable bonds is 5. The minimum atomic E-state index is -0.199. The monoisotopic (exact) mass is 341 g/mol. The average Bonchev–Trinajstić information content (AvgIpc) is 3.19. The Bertz CT molecular complexity index is 838. The van der Waals surface area contributed by atoms with E-state index in [1.807, 2.05) is 16.8 Å². The second-order valence-corrected chi connectivity index (χ2v) is 5.97. The molecule has 0 spiro atoms. The van der Waals surface area contributed by atoms with Crippen molar-refractivity contribution < 1.29 is 14.1 Å². The molecule has 3 rings (SSSR count). The predicted molar refractivity (Wildman–Crippen MR) is 92.9 cm³/mol. The van der Waals surface area contributed by atoms with Gasteiger partial charge in [0.15, 0.2) is 0 Å². The minimum absolute atomic E-state index is 0.132. The molecule has 0 saturated carbocycles. The van der Waals surface area contributed by atoms with Gasteiger partial charge in [-0.25, -0.2) is 0 Å². The van der Waals surface area contributed by atoms with Crippen molar-refractivity contribution in [2.24, 2.45) is 0 Å². The number of carbonyl (C=O) groups excluding carboxylic acids is 2. The molecule has 2 heterocycles. The van der Waals surface area contributed by atoms with Crippen molar-refractivity contribution in [2.75, 3.05) is 10.6 Å². The van der Waals surface area contributed by atoms with Gasteiger partial charge in [-0.3, -0.25) is 14.9 Å². The van der Waals surface area contributed by atoms with E-state index >= 15 is 0 Å². The van der Waals surface area contributed by atoms with E-state index in [0.29, 0.717) is 17.3 Å². The fourth-order valence-electron chi connectivity index (χ4n) is 2.16. The van der Waals surface area contributed by atoms with Gasteiger partial charge in [-0.2, -0.15) is 11.3 Å². The maximum absolute atomic E-state index is 12.1. The van der Waals surface area contributed by atoms with Crippen LogP contribution in [0.25, 0.3) is 11.3 Å². The molecule has 0 bridgehead atoms. The van der Waals surface area contributed by atoms with E-state index in [0.717, 1.165) is 11.1 Å². The van der Waals surface area contributed by atoms with Crippen molar-refractivity contribution in [1.29, 1.82) is 0 Å². The van der Waals surface area contributed by atoms with Gasteiger partial charge < -0.3 is 9.84 Å². The highest BCUT2D eigenvalue weighted by atomic mass is 32.1. The van der Waals surface area contributed by atoms with Crippen LogP contribution in [0.3, 0.4) is 0 Å². The first-order valence-electron chi connectivity index (χ1n) is 7.26. The summed E-state index contributed by atoms with van der Waals surface area (Å²) in [7, 11) is 0. The van der Waals surface area contributed by atoms with Crippen LogP contribution in [0.2, 0.25) is 0 Å². The minimum Gasteiger partial charge on any atom is -0.338 e. The Kier molecular flexibility index (Phi) is 4.72. The van der Waals surface area contributed by atoms with Gasteiger partial charge in [-0.05, 0) is 29.1 Å². The summed E-state index contributed by atoms with van der Waals surface area (Å²) in [6.45, 7) is 1.45. The Morgan fingerprint density at radius 1 is 1.17 bits per heavy atom. The zero-order chi connectivity index (χ0) is 16.9. The van der Waals surface area contributed by atoms with Gasteiger partial charge in [-0.1, -0.05) is 17.3 Å². The standard InChI is InChI=1S/C17H15N3O3S/c1-11(21)18-14-4-2-12(3-5-14)8-16(22)19-17-9-15(20-23-17)13-6-7-24-10-13/h2-7,9-10H,8H2,1H3,(H,18,21)(H,19,22). The molecule has 0 saturated heterocycles. The SMILES string of the molecule is CC(=O)Nc1ccc(CC(=O)Nc2cc(-c3ccsc3)no2)cc1. The maximum atomic E-state index is 12.1. The summed E-state index contributed by atoms with van der Waals surface area (Å²) in [5.41, 5.74) is 3.17. The van der Waals surface area contributed by atoms with Crippen LogP contribution in [0.5, 0.6) is 0 Å². The van der Waals surface area contributed by atoms with E-state index < -0.39 is 0 Å². The Hall–Kier alpha value is -2.93. The molecule has 1 aromatic carbocycles. The molecule has 0 radical (unpaired) electrons. The molecule has 2 amide bonds. The van der Waals surface area contributed by atoms with Crippen LogP contribution in [-0.4, -0.2) is 17.0 Å². The molecule has 2 N–H and O–H groups in total. The first-order chi connectivity index (χ1) is 11.6. The van der Waals surface area contributed by atoms with Crippen LogP contribution in [0, 0.1) is 0 Å². The smallest absolute Gasteiger partial charge is 0.231 e. The summed E-state index contributed by atoms with van der Waals surface area (Å²) in [5.74, 6) is -0.0152. The van der Waals surface area contributed by atoms with Crippen LogP contribution < -0.4 is 10.6 Å². The average molecular weight is 341 g/mol. The molecular weight excluding hydrogens is 326 g/mol. The molecule has 122 valence electrons. The van der Waals surface area contributed by atoms with Crippen LogP contribution in [0.1, 0.15) is 12.5 Å². The van der Waals surface area contributed by atoms with Gasteiger partial charge in [0.25, 0.3) is 0 Å². The van der Waals surface area contributed by atoms with Gasteiger partial charge in [0.05, 0.1) is 6.42 Å². The van der Waals surface area contributed by atoms with E-state index in [9.17, 15) is 9.59 Å². The van der Waals surface area contributed by atoms with E-state index in [4.69, 9.17) is 4.52 Å². The number of thiophene rings is 1. The molecule has 0 aliphatic carbocycles. The third kappa shape index (κ3) is 4.08. The summed E-state index contributed by atoms with van der Waals surface area (Å²) < 4.78 is 5.13. The molecule has 0 aliphatic rings. The van der Waals surface area contributed by atoms with Gasteiger partial charge in [0, 0.05) is 29.6 Å². The lowest BCUT2D eigenvalue weighted by molar-refractivity contribution is -0.116. The summed E-state index contributed by atoms with van der Waals surface area (Å²) in [6, 6.07) is 10.7. The molecule has 7 heteroatoms. The predicted octanol–water partition coefficient (Wildman–Crippen LogP) is 3.54. The highest BCUT2D eigenvalue weighted by molar-refractivity contribution is 7.08. The second-order valence-electron chi connectivity index (χ2n) is 5.19. The third-order valence-corrected chi connectivity index (χ3v) is 3.91. The molecule has 0 atom stereocenters. The molecule has 3 aromatic rings. The van der Waals surface area contributed by atoms with Crippen LogP contribution >= 0.6 is 11.3 Å². The number of hydrogen-bond donors (Lipinski definition) is 2. The Morgan fingerprint density at radius 2 is 1.96 bits per heavy atom. The molecule has 2 aromatic heterocycles. The topological polar surface area (TPSA) is 84.2 Å². The zero-order valence-corrected chi connectivity index (χ0v) is 13.7. The first kappa shape index (κ1) is 15.9. The first-order valence-corrected chi connectivity index (χ1v) is 8.20. The Labute approximate surface area is 142 Å².